The molecule has 0 heterocycles. The van der Waals surface area contributed by atoms with Crippen molar-refractivity contribution in [2.24, 2.45) is 0 Å². The zero-order valence-corrected chi connectivity index (χ0v) is 22.7. The van der Waals surface area contributed by atoms with Gasteiger partial charge in [0.05, 0.1) is 0 Å². The fraction of sp³-hybridized carbons (Fsp3) is 0.433. The molecule has 1 aliphatic carbocycles. The van der Waals surface area contributed by atoms with Crippen LogP contribution in [0.2, 0.25) is 0 Å². The number of terminal acetylenes is 1. The molecule has 2 aromatic carbocycles. The van der Waals surface area contributed by atoms with E-state index in [1.807, 2.05) is 13.8 Å². The number of hydrogen-bond donors (Lipinski definition) is 3. The van der Waals surface area contributed by atoms with E-state index in [1.54, 1.807) is 62.1 Å². The van der Waals surface area contributed by atoms with Gasteiger partial charge in [0, 0.05) is 24.1 Å². The Hall–Kier alpha value is -3.99. The Morgan fingerprint density at radius 1 is 1.08 bits per heavy atom. The largest absolute Gasteiger partial charge is 0.508 e. The second-order valence-electron chi connectivity index (χ2n) is 10.8. The summed E-state index contributed by atoms with van der Waals surface area (Å²) in [7, 11) is 0. The second-order valence-corrected chi connectivity index (χ2v) is 10.8. The van der Waals surface area contributed by atoms with Crippen molar-refractivity contribution in [1.29, 1.82) is 0 Å². The molecule has 2 aromatic rings. The third-order valence-electron chi connectivity index (χ3n) is 5.93. The Labute approximate surface area is 224 Å². The number of hydrogen-bond acceptors (Lipinski definition) is 5. The summed E-state index contributed by atoms with van der Waals surface area (Å²) in [6.45, 7) is 8.92. The lowest BCUT2D eigenvalue weighted by Gasteiger charge is -2.35. The molecule has 0 aromatic heterocycles. The minimum atomic E-state index is -1.03. The van der Waals surface area contributed by atoms with Crippen LogP contribution < -0.4 is 10.6 Å². The van der Waals surface area contributed by atoms with Crippen molar-refractivity contribution in [3.05, 3.63) is 65.2 Å². The van der Waals surface area contributed by atoms with Gasteiger partial charge in [-0.05, 0) is 76.8 Å². The van der Waals surface area contributed by atoms with Crippen LogP contribution in [0.15, 0.2) is 48.5 Å². The van der Waals surface area contributed by atoms with E-state index in [4.69, 9.17) is 11.2 Å². The molecule has 3 amide bonds. The number of carbonyl (C=O) groups excluding carboxylic acids is 3. The third-order valence-corrected chi connectivity index (χ3v) is 5.93. The van der Waals surface area contributed by atoms with Crippen LogP contribution in [0.4, 0.5) is 4.79 Å². The fourth-order valence-electron chi connectivity index (χ4n) is 4.22. The van der Waals surface area contributed by atoms with Crippen LogP contribution in [-0.4, -0.2) is 51.6 Å². The average Bonchev–Trinajstić information content (AvgIpc) is 3.66. The SMILES string of the molecule is C#Cc1ccccc1C(C(=O)NC(C)C)N(C(=O)C(Cc1ccc(O)cc1)NC(=O)OC(C)(C)C)C1CC1. The average molecular weight is 520 g/mol. The topological polar surface area (TPSA) is 108 Å². The Bertz CT molecular complexity index is 1190. The van der Waals surface area contributed by atoms with Gasteiger partial charge in [-0.15, -0.1) is 6.42 Å². The lowest BCUT2D eigenvalue weighted by molar-refractivity contribution is -0.143. The molecule has 3 N–H and O–H groups in total. The van der Waals surface area contributed by atoms with E-state index in [2.05, 4.69) is 16.6 Å². The molecule has 38 heavy (non-hydrogen) atoms. The molecule has 3 rings (SSSR count). The van der Waals surface area contributed by atoms with Gasteiger partial charge in [-0.3, -0.25) is 9.59 Å². The summed E-state index contributed by atoms with van der Waals surface area (Å²) in [5, 5.41) is 15.4. The van der Waals surface area contributed by atoms with E-state index in [1.165, 1.54) is 12.1 Å². The molecular formula is C30H37N3O5. The lowest BCUT2D eigenvalue weighted by atomic mass is 9.96. The van der Waals surface area contributed by atoms with E-state index in [9.17, 15) is 19.5 Å². The van der Waals surface area contributed by atoms with Crippen LogP contribution in [0.3, 0.4) is 0 Å². The Balaban J connectivity index is 2.05. The number of nitrogens with zero attached hydrogens (tertiary/aromatic N) is 1. The first-order chi connectivity index (χ1) is 17.9. The highest BCUT2D eigenvalue weighted by Gasteiger charge is 2.44. The summed E-state index contributed by atoms with van der Waals surface area (Å²) in [5.74, 6) is 1.97. The zero-order chi connectivity index (χ0) is 28.0. The van der Waals surface area contributed by atoms with Crippen LogP contribution in [0.25, 0.3) is 0 Å². The second kappa shape index (κ2) is 12.0. The fourth-order valence-corrected chi connectivity index (χ4v) is 4.22. The number of aromatic hydroxyl groups is 1. The molecule has 202 valence electrons. The van der Waals surface area contributed by atoms with E-state index >= 15 is 0 Å². The van der Waals surface area contributed by atoms with E-state index in [-0.39, 0.29) is 30.2 Å². The molecule has 0 spiro atoms. The molecule has 0 radical (unpaired) electrons. The van der Waals surface area contributed by atoms with Crippen molar-refractivity contribution in [2.45, 2.75) is 83.6 Å². The molecule has 8 nitrogen and oxygen atoms in total. The number of amides is 3. The summed E-state index contributed by atoms with van der Waals surface area (Å²) in [4.78, 5) is 42.3. The molecule has 2 atom stereocenters. The number of carbonyl (C=O) groups is 3. The highest BCUT2D eigenvalue weighted by Crippen LogP contribution is 2.37. The maximum atomic E-state index is 14.3. The predicted octanol–water partition coefficient (Wildman–Crippen LogP) is 4.07. The van der Waals surface area contributed by atoms with Crippen LogP contribution in [0, 0.1) is 12.3 Å². The quantitative estimate of drug-likeness (QED) is 0.433. The van der Waals surface area contributed by atoms with Gasteiger partial charge in [0.1, 0.15) is 23.4 Å². The molecule has 1 saturated carbocycles. The summed E-state index contributed by atoms with van der Waals surface area (Å²) < 4.78 is 5.45. The van der Waals surface area contributed by atoms with Crippen LogP contribution in [-0.2, 0) is 20.7 Å². The van der Waals surface area contributed by atoms with Crippen molar-refractivity contribution in [3.8, 4) is 18.1 Å². The molecule has 0 saturated heterocycles. The lowest BCUT2D eigenvalue weighted by Crippen LogP contribution is -2.55. The molecule has 1 fully saturated rings. The Morgan fingerprint density at radius 2 is 1.71 bits per heavy atom. The highest BCUT2D eigenvalue weighted by atomic mass is 16.6. The summed E-state index contributed by atoms with van der Waals surface area (Å²) in [6, 6.07) is 11.1. The highest BCUT2D eigenvalue weighted by molar-refractivity contribution is 5.93. The van der Waals surface area contributed by atoms with Crippen LogP contribution in [0.5, 0.6) is 5.75 Å². The number of rotatable bonds is 9. The number of ether oxygens (including phenoxy) is 1. The van der Waals surface area contributed by atoms with Crippen molar-refractivity contribution in [2.75, 3.05) is 0 Å². The summed E-state index contributed by atoms with van der Waals surface area (Å²) in [5.41, 5.74) is 1.02. The third kappa shape index (κ3) is 7.75. The first-order valence-corrected chi connectivity index (χ1v) is 12.8. The van der Waals surface area contributed by atoms with Gasteiger partial charge in [0.15, 0.2) is 0 Å². The molecule has 0 aliphatic heterocycles. The van der Waals surface area contributed by atoms with Gasteiger partial charge in [0.25, 0.3) is 0 Å². The van der Waals surface area contributed by atoms with E-state index < -0.39 is 29.7 Å². The summed E-state index contributed by atoms with van der Waals surface area (Å²) in [6.07, 6.45) is 6.63. The van der Waals surface area contributed by atoms with Crippen LogP contribution in [0.1, 0.15) is 70.2 Å². The standard InChI is InChI=1S/C30H37N3O5/c1-7-21-10-8-9-11-24(21)26(27(35)31-19(2)3)33(22-14-15-22)28(36)25(32-29(37)38-30(4,5)6)18-20-12-16-23(34)17-13-20/h1,8-13,16-17,19,22,25-26,34H,14-15,18H2,2-6H3,(H,31,35)(H,32,37). The maximum Gasteiger partial charge on any atom is 0.408 e. The first-order valence-electron chi connectivity index (χ1n) is 12.8. The molecule has 1 aliphatic rings. The van der Waals surface area contributed by atoms with Gasteiger partial charge in [-0.2, -0.15) is 0 Å². The zero-order valence-electron chi connectivity index (χ0n) is 22.7. The van der Waals surface area contributed by atoms with Gasteiger partial charge >= 0.3 is 6.09 Å². The van der Waals surface area contributed by atoms with Crippen molar-refractivity contribution in [1.82, 2.24) is 15.5 Å². The molecular weight excluding hydrogens is 482 g/mol. The van der Waals surface area contributed by atoms with Gasteiger partial charge in [0.2, 0.25) is 11.8 Å². The predicted molar refractivity (Wildman–Crippen MR) is 145 cm³/mol. The number of phenolic OH excluding ortho intramolecular Hbond substituents is 1. The van der Waals surface area contributed by atoms with E-state index in [0.717, 1.165) is 18.4 Å². The minimum Gasteiger partial charge on any atom is -0.508 e. The number of phenols is 1. The molecule has 0 bridgehead atoms. The molecule has 8 heteroatoms. The van der Waals surface area contributed by atoms with E-state index in [0.29, 0.717) is 11.1 Å². The van der Waals surface area contributed by atoms with Crippen molar-refractivity contribution >= 4 is 17.9 Å². The Morgan fingerprint density at radius 3 is 2.26 bits per heavy atom. The van der Waals surface area contributed by atoms with Crippen molar-refractivity contribution < 1.29 is 24.2 Å². The number of nitrogens with one attached hydrogen (secondary N) is 2. The van der Waals surface area contributed by atoms with Crippen molar-refractivity contribution in [3.63, 3.8) is 0 Å². The maximum absolute atomic E-state index is 14.3. The van der Waals surface area contributed by atoms with Gasteiger partial charge < -0.3 is 25.4 Å². The smallest absolute Gasteiger partial charge is 0.408 e. The van der Waals surface area contributed by atoms with Gasteiger partial charge in [-0.1, -0.05) is 36.3 Å². The Kier molecular flexibility index (Phi) is 9.05. The number of alkyl carbamates (subject to hydrolysis) is 1. The first kappa shape index (κ1) is 28.6. The number of benzene rings is 2. The summed E-state index contributed by atoms with van der Waals surface area (Å²) >= 11 is 0. The normalized spacial score (nSPS) is 14.7. The van der Waals surface area contributed by atoms with Crippen LogP contribution >= 0.6 is 0 Å². The molecule has 2 unspecified atom stereocenters. The van der Waals surface area contributed by atoms with Gasteiger partial charge in [-0.25, -0.2) is 4.79 Å². The minimum absolute atomic E-state index is 0.0904. The monoisotopic (exact) mass is 519 g/mol.